The lowest BCUT2D eigenvalue weighted by Crippen LogP contribution is -2.43. The molecule has 3 N–H and O–H groups in total. The summed E-state index contributed by atoms with van der Waals surface area (Å²) < 4.78 is 5.77. The van der Waals surface area contributed by atoms with Crippen LogP contribution in [0.25, 0.3) is 0 Å². The van der Waals surface area contributed by atoms with Gasteiger partial charge >= 0.3 is 0 Å². The minimum Gasteiger partial charge on any atom is -0.487 e. The van der Waals surface area contributed by atoms with Gasteiger partial charge in [0.2, 0.25) is 5.91 Å². The van der Waals surface area contributed by atoms with Crippen molar-refractivity contribution in [2.24, 2.45) is 5.73 Å². The van der Waals surface area contributed by atoms with Gasteiger partial charge in [-0.1, -0.05) is 18.2 Å². The van der Waals surface area contributed by atoms with E-state index in [1.165, 1.54) is 0 Å². The molecule has 3 rings (SSSR count). The number of hydrogen-bond donors (Lipinski definition) is 2. The zero-order valence-electron chi connectivity index (χ0n) is 14.0. The minimum atomic E-state index is -0.651. The van der Waals surface area contributed by atoms with Crippen molar-refractivity contribution in [2.45, 2.75) is 38.0 Å². The Morgan fingerprint density at radius 2 is 2.04 bits per heavy atom. The lowest BCUT2D eigenvalue weighted by molar-refractivity contribution is -0.123. The zero-order valence-corrected chi connectivity index (χ0v) is 15.6. The summed E-state index contributed by atoms with van der Waals surface area (Å²) in [5.74, 6) is 0.674. The molecule has 1 aliphatic carbocycles. The van der Waals surface area contributed by atoms with E-state index in [-0.39, 0.29) is 36.8 Å². The van der Waals surface area contributed by atoms with Crippen molar-refractivity contribution in [3.05, 3.63) is 59.9 Å². The van der Waals surface area contributed by atoms with Gasteiger partial charge in [0.1, 0.15) is 12.4 Å². The molecule has 1 unspecified atom stereocenters. The van der Waals surface area contributed by atoms with Gasteiger partial charge < -0.3 is 15.8 Å². The molecule has 0 aliphatic heterocycles. The Kier molecular flexibility index (Phi) is 7.67. The highest BCUT2D eigenvalue weighted by Gasteiger charge is 2.46. The Balaban J connectivity index is 0.00000156. The maximum Gasteiger partial charge on any atom is 0.240 e. The number of carbonyl (C=O) groups is 1. The molecule has 0 saturated heterocycles. The molecule has 136 valence electrons. The summed E-state index contributed by atoms with van der Waals surface area (Å²) in [7, 11) is 0. The first-order valence-electron chi connectivity index (χ1n) is 7.79. The number of benzene rings is 1. The van der Waals surface area contributed by atoms with Crippen LogP contribution in [0.3, 0.4) is 0 Å². The minimum absolute atomic E-state index is 0. The predicted octanol–water partition coefficient (Wildman–Crippen LogP) is 3.17. The van der Waals surface area contributed by atoms with Crippen molar-refractivity contribution in [1.82, 2.24) is 10.3 Å². The van der Waals surface area contributed by atoms with Crippen LogP contribution in [0.15, 0.2) is 48.7 Å². The second kappa shape index (κ2) is 9.04. The molecule has 5 nitrogen and oxygen atoms in total. The molecule has 1 amide bonds. The first-order chi connectivity index (χ1) is 11.1. The topological polar surface area (TPSA) is 77.2 Å². The third-order valence-corrected chi connectivity index (χ3v) is 4.06. The molecular formula is C18H23Cl2N3O2. The molecule has 0 radical (unpaired) electrons. The molecule has 1 fully saturated rings. The summed E-state index contributed by atoms with van der Waals surface area (Å²) in [6, 6.07) is 13.3. The van der Waals surface area contributed by atoms with Gasteiger partial charge in [0.05, 0.1) is 17.3 Å². The number of ether oxygens (including phenoxy) is 1. The van der Waals surface area contributed by atoms with Gasteiger partial charge in [0.25, 0.3) is 0 Å². The first kappa shape index (κ1) is 21.2. The smallest absolute Gasteiger partial charge is 0.240 e. The third kappa shape index (κ3) is 5.59. The highest BCUT2D eigenvalue weighted by molar-refractivity contribution is 5.89. The average molecular weight is 384 g/mol. The number of nitrogens with zero attached hydrogens (tertiary/aromatic N) is 1. The van der Waals surface area contributed by atoms with E-state index in [1.807, 2.05) is 49.4 Å². The number of nitrogens with one attached hydrogen (secondary N) is 1. The van der Waals surface area contributed by atoms with E-state index in [0.29, 0.717) is 6.61 Å². The SMILES string of the molecule is CC(NC(=O)C1(N)CC1)c1cccc(OCc2ccccn2)c1.Cl.Cl. The van der Waals surface area contributed by atoms with Gasteiger partial charge in [-0.25, -0.2) is 0 Å². The van der Waals surface area contributed by atoms with Crippen molar-refractivity contribution in [3.8, 4) is 5.75 Å². The van der Waals surface area contributed by atoms with Gasteiger partial charge in [0, 0.05) is 6.20 Å². The van der Waals surface area contributed by atoms with Crippen molar-refractivity contribution in [1.29, 1.82) is 0 Å². The van der Waals surface area contributed by atoms with Crippen LogP contribution in [-0.2, 0) is 11.4 Å². The lowest BCUT2D eigenvalue weighted by atomic mass is 10.1. The average Bonchev–Trinajstić information content (AvgIpc) is 3.33. The fourth-order valence-electron chi connectivity index (χ4n) is 2.30. The van der Waals surface area contributed by atoms with E-state index in [1.54, 1.807) is 6.20 Å². The van der Waals surface area contributed by atoms with E-state index >= 15 is 0 Å². The summed E-state index contributed by atoms with van der Waals surface area (Å²) in [6.07, 6.45) is 3.27. The summed E-state index contributed by atoms with van der Waals surface area (Å²) in [4.78, 5) is 16.3. The molecule has 0 bridgehead atoms. The van der Waals surface area contributed by atoms with Gasteiger partial charge in [-0.05, 0) is 49.6 Å². The van der Waals surface area contributed by atoms with Gasteiger partial charge in [0.15, 0.2) is 0 Å². The summed E-state index contributed by atoms with van der Waals surface area (Å²) in [5, 5.41) is 2.97. The summed E-state index contributed by atoms with van der Waals surface area (Å²) in [6.45, 7) is 2.36. The van der Waals surface area contributed by atoms with Crippen molar-refractivity contribution in [2.75, 3.05) is 0 Å². The fraction of sp³-hybridized carbons (Fsp3) is 0.333. The molecule has 1 aromatic heterocycles. The highest BCUT2D eigenvalue weighted by Crippen LogP contribution is 2.33. The fourth-order valence-corrected chi connectivity index (χ4v) is 2.30. The van der Waals surface area contributed by atoms with E-state index in [4.69, 9.17) is 10.5 Å². The van der Waals surface area contributed by atoms with Crippen molar-refractivity contribution >= 4 is 30.7 Å². The zero-order chi connectivity index (χ0) is 16.3. The van der Waals surface area contributed by atoms with Crippen LogP contribution in [0.5, 0.6) is 5.75 Å². The molecule has 1 saturated carbocycles. The number of amides is 1. The maximum absolute atomic E-state index is 12.0. The van der Waals surface area contributed by atoms with Crippen LogP contribution in [0.1, 0.15) is 37.1 Å². The number of hydrogen-bond acceptors (Lipinski definition) is 4. The number of rotatable bonds is 6. The van der Waals surface area contributed by atoms with E-state index < -0.39 is 5.54 Å². The highest BCUT2D eigenvalue weighted by atomic mass is 35.5. The predicted molar refractivity (Wildman–Crippen MR) is 102 cm³/mol. The quantitative estimate of drug-likeness (QED) is 0.802. The van der Waals surface area contributed by atoms with Crippen LogP contribution in [0, 0.1) is 0 Å². The largest absolute Gasteiger partial charge is 0.487 e. The third-order valence-electron chi connectivity index (χ3n) is 4.06. The summed E-state index contributed by atoms with van der Waals surface area (Å²) in [5.41, 5.74) is 7.12. The number of carbonyl (C=O) groups excluding carboxylic acids is 1. The van der Waals surface area contributed by atoms with Gasteiger partial charge in [-0.15, -0.1) is 24.8 Å². The van der Waals surface area contributed by atoms with Crippen LogP contribution in [0.4, 0.5) is 0 Å². The van der Waals surface area contributed by atoms with E-state index in [2.05, 4.69) is 10.3 Å². The Hall–Kier alpha value is -1.82. The number of pyridine rings is 1. The molecular weight excluding hydrogens is 361 g/mol. The van der Waals surface area contributed by atoms with Crippen LogP contribution >= 0.6 is 24.8 Å². The molecule has 2 aromatic rings. The van der Waals surface area contributed by atoms with Gasteiger partial charge in [-0.3, -0.25) is 9.78 Å². The lowest BCUT2D eigenvalue weighted by Gasteiger charge is -2.18. The number of aromatic nitrogens is 1. The molecule has 1 aliphatic rings. The molecule has 1 heterocycles. The summed E-state index contributed by atoms with van der Waals surface area (Å²) >= 11 is 0. The van der Waals surface area contributed by atoms with Crippen molar-refractivity contribution < 1.29 is 9.53 Å². The van der Waals surface area contributed by atoms with Crippen LogP contribution in [0.2, 0.25) is 0 Å². The maximum atomic E-state index is 12.0. The standard InChI is InChI=1S/C18H21N3O2.2ClH/c1-13(21-17(22)18(19)8-9-18)14-5-4-7-16(11-14)23-12-15-6-2-3-10-20-15;;/h2-7,10-11,13H,8-9,12,19H2,1H3,(H,21,22);2*1H. The van der Waals surface area contributed by atoms with E-state index in [9.17, 15) is 4.79 Å². The monoisotopic (exact) mass is 383 g/mol. The Labute approximate surface area is 160 Å². The molecule has 25 heavy (non-hydrogen) atoms. The Morgan fingerprint density at radius 3 is 2.68 bits per heavy atom. The second-order valence-electron chi connectivity index (χ2n) is 6.03. The molecule has 1 aromatic carbocycles. The molecule has 7 heteroatoms. The normalized spacial score (nSPS) is 15.1. The van der Waals surface area contributed by atoms with E-state index in [0.717, 1.165) is 29.8 Å². The van der Waals surface area contributed by atoms with Gasteiger partial charge in [-0.2, -0.15) is 0 Å². The Bertz CT molecular complexity index is 694. The number of halogens is 2. The second-order valence-corrected chi connectivity index (χ2v) is 6.03. The van der Waals surface area contributed by atoms with Crippen LogP contribution in [-0.4, -0.2) is 16.4 Å². The van der Waals surface area contributed by atoms with Crippen molar-refractivity contribution in [3.63, 3.8) is 0 Å². The van der Waals surface area contributed by atoms with Crippen LogP contribution < -0.4 is 15.8 Å². The Morgan fingerprint density at radius 1 is 1.28 bits per heavy atom. The first-order valence-corrected chi connectivity index (χ1v) is 7.79. The molecule has 0 spiro atoms. The molecule has 1 atom stereocenters. The number of nitrogens with two attached hydrogens (primary N) is 1.